The van der Waals surface area contributed by atoms with Crippen LogP contribution in [0, 0.1) is 11.3 Å². The quantitative estimate of drug-likeness (QED) is 0.805. The molecule has 8 nitrogen and oxygen atoms in total. The Balaban J connectivity index is 2.03. The van der Waals surface area contributed by atoms with Gasteiger partial charge in [0.1, 0.15) is 11.6 Å². The Morgan fingerprint density at radius 3 is 2.16 bits per heavy atom. The molecule has 0 saturated carbocycles. The number of nitrogens with two attached hydrogens (primary N) is 1. The van der Waals surface area contributed by atoms with Gasteiger partial charge >= 0.3 is 0 Å². The molecule has 4 rings (SSSR count). The maximum atomic E-state index is 13.5. The fraction of sp³-hybridized carbons (Fsp3) is 0.174. The van der Waals surface area contributed by atoms with Crippen molar-refractivity contribution < 1.29 is 28.5 Å². The molecule has 156 valence electrons. The summed E-state index contributed by atoms with van der Waals surface area (Å²) in [7, 11) is 4.35. The molecule has 0 fully saturated rings. The average Bonchev–Trinajstić information content (AvgIpc) is 2.80. The summed E-state index contributed by atoms with van der Waals surface area (Å²) in [5.41, 5.74) is 6.90. The zero-order valence-corrected chi connectivity index (χ0v) is 17.0. The Kier molecular flexibility index (Phi) is 4.87. The summed E-state index contributed by atoms with van der Waals surface area (Å²) in [6.07, 6.45) is 0. The zero-order chi connectivity index (χ0) is 22.3. The van der Waals surface area contributed by atoms with Crippen LogP contribution in [-0.2, 0) is 4.74 Å². The molecule has 0 aromatic heterocycles. The van der Waals surface area contributed by atoms with Crippen molar-refractivity contribution in [2.45, 2.75) is 5.92 Å². The van der Waals surface area contributed by atoms with Gasteiger partial charge in [0, 0.05) is 16.7 Å². The number of carbonyl (C=O) groups excluding carboxylic acids is 2. The highest BCUT2D eigenvalue weighted by atomic mass is 16.5. The van der Waals surface area contributed by atoms with Gasteiger partial charge in [-0.25, -0.2) is 0 Å². The van der Waals surface area contributed by atoms with Crippen molar-refractivity contribution in [3.8, 4) is 23.3 Å². The van der Waals surface area contributed by atoms with E-state index in [1.807, 2.05) is 6.07 Å². The Morgan fingerprint density at radius 2 is 1.58 bits per heavy atom. The highest BCUT2D eigenvalue weighted by Gasteiger charge is 2.45. The summed E-state index contributed by atoms with van der Waals surface area (Å²) < 4.78 is 21.8. The molecule has 0 bridgehead atoms. The van der Waals surface area contributed by atoms with Crippen LogP contribution in [0.2, 0.25) is 0 Å². The molecule has 2 aromatic rings. The van der Waals surface area contributed by atoms with E-state index in [9.17, 15) is 14.9 Å². The molecule has 2 N–H and O–H groups in total. The number of fused-ring (bicyclic) bond motifs is 1. The highest BCUT2D eigenvalue weighted by molar-refractivity contribution is 6.27. The topological polar surface area (TPSA) is 121 Å². The van der Waals surface area contributed by atoms with Gasteiger partial charge in [0.2, 0.25) is 17.4 Å². The second-order valence-corrected chi connectivity index (χ2v) is 6.79. The van der Waals surface area contributed by atoms with Crippen molar-refractivity contribution in [2.24, 2.45) is 5.73 Å². The molecule has 1 atom stereocenters. The third-order valence-corrected chi connectivity index (χ3v) is 5.33. The predicted molar refractivity (Wildman–Crippen MR) is 109 cm³/mol. The van der Waals surface area contributed by atoms with E-state index < -0.39 is 17.5 Å². The van der Waals surface area contributed by atoms with Gasteiger partial charge in [-0.3, -0.25) is 9.59 Å². The van der Waals surface area contributed by atoms with Crippen molar-refractivity contribution in [3.05, 3.63) is 75.9 Å². The number of ether oxygens (including phenoxy) is 4. The van der Waals surface area contributed by atoms with Crippen molar-refractivity contribution in [1.82, 2.24) is 0 Å². The monoisotopic (exact) mass is 418 g/mol. The summed E-state index contributed by atoms with van der Waals surface area (Å²) in [6, 6.07) is 11.7. The molecule has 1 aliphatic carbocycles. The van der Waals surface area contributed by atoms with Gasteiger partial charge < -0.3 is 24.7 Å². The van der Waals surface area contributed by atoms with Gasteiger partial charge in [0.15, 0.2) is 23.0 Å². The van der Waals surface area contributed by atoms with Gasteiger partial charge in [0.25, 0.3) is 0 Å². The van der Waals surface area contributed by atoms with Gasteiger partial charge in [-0.1, -0.05) is 30.3 Å². The van der Waals surface area contributed by atoms with Crippen molar-refractivity contribution in [2.75, 3.05) is 21.3 Å². The lowest BCUT2D eigenvalue weighted by Crippen LogP contribution is -2.32. The van der Waals surface area contributed by atoms with E-state index >= 15 is 0 Å². The first kappa shape index (κ1) is 20.0. The SMILES string of the molecule is COc1ccc([C@@H]2C(C#N)=C(N)OC3=C2C(=O)c2ccccc2C3=O)c(OC)c1OC. The number of rotatable bonds is 4. The van der Waals surface area contributed by atoms with Crippen LogP contribution in [0.3, 0.4) is 0 Å². The van der Waals surface area contributed by atoms with Crippen LogP contribution in [0.1, 0.15) is 32.2 Å². The van der Waals surface area contributed by atoms with Gasteiger partial charge in [-0.15, -0.1) is 0 Å². The minimum atomic E-state index is -0.992. The van der Waals surface area contributed by atoms with E-state index in [1.54, 1.807) is 36.4 Å². The van der Waals surface area contributed by atoms with Gasteiger partial charge in [-0.2, -0.15) is 5.26 Å². The first-order valence-corrected chi connectivity index (χ1v) is 9.27. The lowest BCUT2D eigenvalue weighted by atomic mass is 9.75. The van der Waals surface area contributed by atoms with Gasteiger partial charge in [0.05, 0.1) is 32.8 Å². The molecular weight excluding hydrogens is 400 g/mol. The second kappa shape index (κ2) is 7.54. The molecule has 0 amide bonds. The number of nitriles is 1. The summed E-state index contributed by atoms with van der Waals surface area (Å²) in [6.45, 7) is 0. The first-order valence-electron chi connectivity index (χ1n) is 9.27. The maximum Gasteiger partial charge on any atom is 0.229 e. The smallest absolute Gasteiger partial charge is 0.229 e. The molecule has 2 aromatic carbocycles. The Bertz CT molecular complexity index is 1240. The third kappa shape index (κ3) is 2.82. The number of carbonyl (C=O) groups is 2. The highest BCUT2D eigenvalue weighted by Crippen LogP contribution is 2.50. The first-order chi connectivity index (χ1) is 15.0. The van der Waals surface area contributed by atoms with Crippen molar-refractivity contribution >= 4 is 11.6 Å². The van der Waals surface area contributed by atoms with Crippen molar-refractivity contribution in [3.63, 3.8) is 0 Å². The summed E-state index contributed by atoms with van der Waals surface area (Å²) >= 11 is 0. The predicted octanol–water partition coefficient (Wildman–Crippen LogP) is 2.85. The van der Waals surface area contributed by atoms with E-state index in [4.69, 9.17) is 24.7 Å². The summed E-state index contributed by atoms with van der Waals surface area (Å²) in [4.78, 5) is 26.6. The number of hydrogen-bond donors (Lipinski definition) is 1. The number of methoxy groups -OCH3 is 3. The van der Waals surface area contributed by atoms with E-state index in [0.29, 0.717) is 11.3 Å². The molecule has 8 heteroatoms. The van der Waals surface area contributed by atoms with Crippen LogP contribution in [0.5, 0.6) is 17.2 Å². The number of allylic oxidation sites excluding steroid dienone is 3. The van der Waals surface area contributed by atoms with Crippen LogP contribution in [0.25, 0.3) is 0 Å². The third-order valence-electron chi connectivity index (χ3n) is 5.33. The lowest BCUT2D eigenvalue weighted by Gasteiger charge is -2.31. The minimum Gasteiger partial charge on any atom is -0.493 e. The molecule has 2 aliphatic rings. The maximum absolute atomic E-state index is 13.5. The average molecular weight is 418 g/mol. The summed E-state index contributed by atoms with van der Waals surface area (Å²) in [5, 5.41) is 9.84. The molecule has 0 spiro atoms. The van der Waals surface area contributed by atoms with E-state index in [-0.39, 0.29) is 45.4 Å². The fourth-order valence-corrected chi connectivity index (χ4v) is 3.97. The van der Waals surface area contributed by atoms with Crippen molar-refractivity contribution in [1.29, 1.82) is 5.26 Å². The molecule has 1 aliphatic heterocycles. The lowest BCUT2D eigenvalue weighted by molar-refractivity contribution is 0.0897. The standard InChI is InChI=1S/C23H18N2O6/c1-28-15-9-8-13(20(29-2)21(15)30-3)16-14(10-24)23(25)31-22-17(16)18(26)11-6-4-5-7-12(11)19(22)27/h4-9,16H,25H2,1-3H3/t16-/m1/s1. The van der Waals surface area contributed by atoms with E-state index in [0.717, 1.165) is 0 Å². The molecule has 0 radical (unpaired) electrons. The Hall–Kier alpha value is -4.25. The van der Waals surface area contributed by atoms with E-state index in [1.165, 1.54) is 21.3 Å². The summed E-state index contributed by atoms with van der Waals surface area (Å²) in [5.74, 6) is -1.40. The Morgan fingerprint density at radius 1 is 0.935 bits per heavy atom. The number of nitrogens with zero attached hydrogens (tertiary/aromatic N) is 1. The largest absolute Gasteiger partial charge is 0.493 e. The van der Waals surface area contributed by atoms with Gasteiger partial charge in [-0.05, 0) is 6.07 Å². The Labute approximate surface area is 178 Å². The molecular formula is C23H18N2O6. The molecule has 1 heterocycles. The van der Waals surface area contributed by atoms with Crippen LogP contribution >= 0.6 is 0 Å². The second-order valence-electron chi connectivity index (χ2n) is 6.79. The molecule has 0 saturated heterocycles. The van der Waals surface area contributed by atoms with Crippen LogP contribution in [-0.4, -0.2) is 32.9 Å². The minimum absolute atomic E-state index is 0.00944. The number of ketones is 2. The zero-order valence-electron chi connectivity index (χ0n) is 17.0. The number of benzene rings is 2. The van der Waals surface area contributed by atoms with E-state index in [2.05, 4.69) is 0 Å². The fourth-order valence-electron chi connectivity index (χ4n) is 3.97. The van der Waals surface area contributed by atoms with Crippen LogP contribution < -0.4 is 19.9 Å². The van der Waals surface area contributed by atoms with Crippen LogP contribution in [0.15, 0.2) is 59.2 Å². The number of Topliss-reactive ketones (excluding diaryl/α,β-unsaturated/α-hetero) is 2. The normalized spacial score (nSPS) is 17.4. The van der Waals surface area contributed by atoms with Crippen LogP contribution in [0.4, 0.5) is 0 Å². The molecule has 31 heavy (non-hydrogen) atoms. The molecule has 0 unspecified atom stereocenters. The number of hydrogen-bond acceptors (Lipinski definition) is 8.